The van der Waals surface area contributed by atoms with E-state index in [4.69, 9.17) is 10.5 Å². The first-order chi connectivity index (χ1) is 6.37. The van der Waals surface area contributed by atoms with Crippen molar-refractivity contribution in [3.63, 3.8) is 0 Å². The zero-order valence-corrected chi connectivity index (χ0v) is 9.80. The van der Waals surface area contributed by atoms with Crippen molar-refractivity contribution in [1.82, 2.24) is 0 Å². The van der Waals surface area contributed by atoms with Crippen molar-refractivity contribution in [3.05, 3.63) is 0 Å². The summed E-state index contributed by atoms with van der Waals surface area (Å²) in [5.41, 5.74) is 5.78. The zero-order valence-electron chi connectivity index (χ0n) is 9.80. The van der Waals surface area contributed by atoms with Gasteiger partial charge in [0.25, 0.3) is 0 Å². The number of hydrogen-bond acceptors (Lipinski definition) is 3. The van der Waals surface area contributed by atoms with Gasteiger partial charge >= 0.3 is 5.97 Å². The van der Waals surface area contributed by atoms with Gasteiger partial charge in [-0.25, -0.2) is 0 Å². The molecule has 0 aromatic rings. The number of nitrogens with two attached hydrogens (primary N) is 1. The molecule has 0 aliphatic carbocycles. The molecular formula is C11H23NO2. The van der Waals surface area contributed by atoms with E-state index in [1.807, 2.05) is 0 Å². The average molecular weight is 201 g/mol. The molecule has 3 nitrogen and oxygen atoms in total. The first-order valence-corrected chi connectivity index (χ1v) is 5.29. The molecule has 0 saturated carbocycles. The Morgan fingerprint density at radius 2 is 2.00 bits per heavy atom. The molecule has 0 fully saturated rings. The monoisotopic (exact) mass is 201 g/mol. The lowest BCUT2D eigenvalue weighted by molar-refractivity contribution is -0.146. The Labute approximate surface area is 87.0 Å². The van der Waals surface area contributed by atoms with Crippen LogP contribution in [0.1, 0.15) is 47.0 Å². The minimum atomic E-state index is -0.480. The van der Waals surface area contributed by atoms with Gasteiger partial charge in [0.15, 0.2) is 0 Å². The van der Waals surface area contributed by atoms with Crippen molar-refractivity contribution < 1.29 is 9.53 Å². The molecule has 0 aliphatic rings. The van der Waals surface area contributed by atoms with E-state index < -0.39 is 6.04 Å². The number of carbonyl (C=O) groups is 1. The lowest BCUT2D eigenvalue weighted by Gasteiger charge is -2.21. The Morgan fingerprint density at radius 1 is 1.43 bits per heavy atom. The lowest BCUT2D eigenvalue weighted by Crippen LogP contribution is -2.36. The molecule has 1 unspecified atom stereocenters. The van der Waals surface area contributed by atoms with E-state index in [9.17, 15) is 4.79 Å². The highest BCUT2D eigenvalue weighted by Gasteiger charge is 2.22. The molecular weight excluding hydrogens is 178 g/mol. The van der Waals surface area contributed by atoms with Gasteiger partial charge in [-0.05, 0) is 18.3 Å². The molecule has 1 atom stereocenters. The van der Waals surface area contributed by atoms with E-state index in [1.165, 1.54) is 0 Å². The molecule has 0 aromatic heterocycles. The first-order valence-electron chi connectivity index (χ1n) is 5.29. The number of hydrogen-bond donors (Lipinski definition) is 1. The standard InChI is InChI=1S/C11H23NO2/c1-5-6-7-14-10(13)9(12)8-11(2,3)4/h9H,5-8,12H2,1-4H3. The van der Waals surface area contributed by atoms with Crippen LogP contribution in [0.5, 0.6) is 0 Å². The van der Waals surface area contributed by atoms with Crippen LogP contribution < -0.4 is 5.73 Å². The van der Waals surface area contributed by atoms with Crippen LogP contribution in [-0.2, 0) is 9.53 Å². The molecule has 0 rings (SSSR count). The molecule has 0 radical (unpaired) electrons. The second-order valence-corrected chi connectivity index (χ2v) is 4.89. The summed E-state index contributed by atoms with van der Waals surface area (Å²) < 4.78 is 5.03. The second-order valence-electron chi connectivity index (χ2n) is 4.89. The molecule has 2 N–H and O–H groups in total. The quantitative estimate of drug-likeness (QED) is 0.547. The summed E-state index contributed by atoms with van der Waals surface area (Å²) in [5.74, 6) is -0.270. The molecule has 0 aromatic carbocycles. The molecule has 0 bridgehead atoms. The second kappa shape index (κ2) is 6.02. The van der Waals surface area contributed by atoms with Crippen molar-refractivity contribution in [3.8, 4) is 0 Å². The third-order valence-electron chi connectivity index (χ3n) is 1.88. The fourth-order valence-corrected chi connectivity index (χ4v) is 1.17. The molecule has 0 saturated heterocycles. The predicted molar refractivity (Wildman–Crippen MR) is 57.9 cm³/mol. The fourth-order valence-electron chi connectivity index (χ4n) is 1.17. The van der Waals surface area contributed by atoms with Crippen molar-refractivity contribution in [1.29, 1.82) is 0 Å². The molecule has 3 heteroatoms. The summed E-state index contributed by atoms with van der Waals surface area (Å²) >= 11 is 0. The summed E-state index contributed by atoms with van der Waals surface area (Å²) in [6, 6.07) is -0.480. The van der Waals surface area contributed by atoms with E-state index in [0.29, 0.717) is 13.0 Å². The maximum Gasteiger partial charge on any atom is 0.322 e. The van der Waals surface area contributed by atoms with Gasteiger partial charge in [-0.1, -0.05) is 34.1 Å². The van der Waals surface area contributed by atoms with Crippen LogP contribution in [0.25, 0.3) is 0 Å². The van der Waals surface area contributed by atoms with Crippen LogP contribution in [0.15, 0.2) is 0 Å². The van der Waals surface area contributed by atoms with Crippen LogP contribution in [-0.4, -0.2) is 18.6 Å². The van der Waals surface area contributed by atoms with Crippen molar-refractivity contribution >= 4 is 5.97 Å². The van der Waals surface area contributed by atoms with E-state index in [2.05, 4.69) is 27.7 Å². The van der Waals surface area contributed by atoms with E-state index in [0.717, 1.165) is 12.8 Å². The summed E-state index contributed by atoms with van der Waals surface area (Å²) in [4.78, 5) is 11.3. The maximum atomic E-state index is 11.3. The van der Waals surface area contributed by atoms with E-state index >= 15 is 0 Å². The Bertz CT molecular complexity index is 173. The average Bonchev–Trinajstić information content (AvgIpc) is 2.01. The summed E-state index contributed by atoms with van der Waals surface area (Å²) in [6.07, 6.45) is 2.60. The zero-order chi connectivity index (χ0) is 11.2. The Morgan fingerprint density at radius 3 is 2.43 bits per heavy atom. The van der Waals surface area contributed by atoms with Crippen LogP contribution >= 0.6 is 0 Å². The number of unbranched alkanes of at least 4 members (excludes halogenated alkanes) is 1. The van der Waals surface area contributed by atoms with Gasteiger partial charge in [-0.15, -0.1) is 0 Å². The number of carbonyl (C=O) groups excluding carboxylic acids is 1. The van der Waals surface area contributed by atoms with Gasteiger partial charge in [0.1, 0.15) is 6.04 Å². The minimum Gasteiger partial charge on any atom is -0.465 e. The topological polar surface area (TPSA) is 52.3 Å². The van der Waals surface area contributed by atoms with Crippen molar-refractivity contribution in [2.24, 2.45) is 11.1 Å². The summed E-state index contributed by atoms with van der Waals surface area (Å²) in [7, 11) is 0. The van der Waals surface area contributed by atoms with Crippen LogP contribution in [0, 0.1) is 5.41 Å². The lowest BCUT2D eigenvalue weighted by atomic mass is 9.88. The van der Waals surface area contributed by atoms with Gasteiger partial charge in [0, 0.05) is 0 Å². The van der Waals surface area contributed by atoms with Gasteiger partial charge in [0.2, 0.25) is 0 Å². The van der Waals surface area contributed by atoms with Gasteiger partial charge in [-0.2, -0.15) is 0 Å². The normalized spacial score (nSPS) is 13.8. The summed E-state index contributed by atoms with van der Waals surface area (Å²) in [5, 5.41) is 0. The smallest absolute Gasteiger partial charge is 0.322 e. The number of ether oxygens (including phenoxy) is 1. The van der Waals surface area contributed by atoms with Crippen LogP contribution in [0.4, 0.5) is 0 Å². The first kappa shape index (κ1) is 13.4. The summed E-state index contributed by atoms with van der Waals surface area (Å²) in [6.45, 7) is 8.74. The number of esters is 1. The molecule has 14 heavy (non-hydrogen) atoms. The highest BCUT2D eigenvalue weighted by atomic mass is 16.5. The van der Waals surface area contributed by atoms with E-state index in [-0.39, 0.29) is 11.4 Å². The highest BCUT2D eigenvalue weighted by Crippen LogP contribution is 2.20. The van der Waals surface area contributed by atoms with Crippen molar-refractivity contribution in [2.45, 2.75) is 53.0 Å². The maximum absolute atomic E-state index is 11.3. The Balaban J connectivity index is 3.77. The van der Waals surface area contributed by atoms with Gasteiger partial charge in [0.05, 0.1) is 6.61 Å². The molecule has 0 amide bonds. The predicted octanol–water partition coefficient (Wildman–Crippen LogP) is 2.09. The third-order valence-corrected chi connectivity index (χ3v) is 1.88. The Kier molecular flexibility index (Phi) is 5.77. The largest absolute Gasteiger partial charge is 0.465 e. The van der Waals surface area contributed by atoms with Gasteiger partial charge < -0.3 is 10.5 Å². The third kappa shape index (κ3) is 6.89. The van der Waals surface area contributed by atoms with Gasteiger partial charge in [-0.3, -0.25) is 4.79 Å². The van der Waals surface area contributed by atoms with E-state index in [1.54, 1.807) is 0 Å². The molecule has 0 aliphatic heterocycles. The fraction of sp³-hybridized carbons (Fsp3) is 0.909. The molecule has 0 heterocycles. The molecule has 84 valence electrons. The highest BCUT2D eigenvalue weighted by molar-refractivity contribution is 5.75. The number of rotatable bonds is 5. The Hall–Kier alpha value is -0.570. The van der Waals surface area contributed by atoms with Crippen LogP contribution in [0.3, 0.4) is 0 Å². The van der Waals surface area contributed by atoms with Crippen molar-refractivity contribution in [2.75, 3.05) is 6.61 Å². The van der Waals surface area contributed by atoms with Crippen LogP contribution in [0.2, 0.25) is 0 Å². The minimum absolute atomic E-state index is 0.0726. The molecule has 0 spiro atoms. The SMILES string of the molecule is CCCCOC(=O)C(N)CC(C)(C)C.